The Kier molecular flexibility index (Phi) is 3.26. The summed E-state index contributed by atoms with van der Waals surface area (Å²) in [6.45, 7) is 6.66. The van der Waals surface area contributed by atoms with Crippen LogP contribution in [-0.4, -0.2) is 16.1 Å². The lowest BCUT2D eigenvalue weighted by Gasteiger charge is -2.19. The number of imidazole rings is 1. The summed E-state index contributed by atoms with van der Waals surface area (Å²) in [4.78, 5) is 5.04. The maximum atomic E-state index is 5.04. The Bertz CT molecular complexity index is 658. The van der Waals surface area contributed by atoms with Gasteiger partial charge in [0.1, 0.15) is 5.82 Å². The first-order valence-electron chi connectivity index (χ1n) is 8.48. The average molecular weight is 283 g/mol. The molecule has 0 amide bonds. The van der Waals surface area contributed by atoms with Crippen molar-refractivity contribution in [2.75, 3.05) is 6.54 Å². The van der Waals surface area contributed by atoms with Crippen LogP contribution in [-0.2, 0) is 6.54 Å². The van der Waals surface area contributed by atoms with E-state index in [-0.39, 0.29) is 0 Å². The Hall–Kier alpha value is -1.35. The molecular formula is C18H25N3. The molecule has 1 aromatic heterocycles. The fourth-order valence-electron chi connectivity index (χ4n) is 4.42. The second-order valence-electron chi connectivity index (χ2n) is 6.85. The van der Waals surface area contributed by atoms with E-state index in [0.717, 1.165) is 24.8 Å². The molecule has 2 fully saturated rings. The number of nitrogens with one attached hydrogen (secondary N) is 1. The molecule has 112 valence electrons. The van der Waals surface area contributed by atoms with Gasteiger partial charge in [0, 0.05) is 6.54 Å². The summed E-state index contributed by atoms with van der Waals surface area (Å²) in [6.07, 6.45) is 5.34. The van der Waals surface area contributed by atoms with Gasteiger partial charge in [-0.05, 0) is 62.3 Å². The molecule has 0 spiro atoms. The molecule has 1 saturated carbocycles. The highest BCUT2D eigenvalue weighted by Crippen LogP contribution is 2.44. The maximum Gasteiger partial charge on any atom is 0.127 e. The molecule has 4 rings (SSSR count). The Balaban J connectivity index is 1.81. The third-order valence-corrected chi connectivity index (χ3v) is 5.40. The SMILES string of the molecule is CCCn1c(C2NCC3CCCC32)nc2cc(C)ccc21. The number of benzene rings is 1. The van der Waals surface area contributed by atoms with Gasteiger partial charge in [-0.3, -0.25) is 0 Å². The van der Waals surface area contributed by atoms with Crippen LogP contribution < -0.4 is 5.32 Å². The molecule has 1 aliphatic heterocycles. The smallest absolute Gasteiger partial charge is 0.127 e. The van der Waals surface area contributed by atoms with Crippen LogP contribution in [0.15, 0.2) is 18.2 Å². The van der Waals surface area contributed by atoms with Gasteiger partial charge in [-0.25, -0.2) is 4.98 Å². The number of aromatic nitrogens is 2. The van der Waals surface area contributed by atoms with Crippen LogP contribution in [0.1, 0.15) is 50.0 Å². The van der Waals surface area contributed by atoms with E-state index in [1.807, 2.05) is 0 Å². The van der Waals surface area contributed by atoms with E-state index in [2.05, 4.69) is 41.9 Å². The molecule has 2 aliphatic rings. The summed E-state index contributed by atoms with van der Waals surface area (Å²) in [5, 5.41) is 3.77. The van der Waals surface area contributed by atoms with E-state index in [4.69, 9.17) is 4.98 Å². The molecule has 0 radical (unpaired) electrons. The molecule has 3 heteroatoms. The van der Waals surface area contributed by atoms with Crippen molar-refractivity contribution in [3.63, 3.8) is 0 Å². The van der Waals surface area contributed by atoms with Crippen molar-refractivity contribution in [3.05, 3.63) is 29.6 Å². The summed E-state index contributed by atoms with van der Waals surface area (Å²) in [6, 6.07) is 7.15. The van der Waals surface area contributed by atoms with Crippen molar-refractivity contribution in [1.29, 1.82) is 0 Å². The molecule has 2 heterocycles. The monoisotopic (exact) mass is 283 g/mol. The minimum atomic E-state index is 0.469. The number of rotatable bonds is 3. The quantitative estimate of drug-likeness (QED) is 0.928. The van der Waals surface area contributed by atoms with Crippen LogP contribution in [0.3, 0.4) is 0 Å². The van der Waals surface area contributed by atoms with Gasteiger partial charge in [-0.1, -0.05) is 19.4 Å². The van der Waals surface area contributed by atoms with Gasteiger partial charge >= 0.3 is 0 Å². The highest BCUT2D eigenvalue weighted by Gasteiger charge is 2.41. The third kappa shape index (κ3) is 2.10. The molecule has 3 atom stereocenters. The summed E-state index contributed by atoms with van der Waals surface area (Å²) >= 11 is 0. The average Bonchev–Trinajstić information content (AvgIpc) is 3.13. The van der Waals surface area contributed by atoms with Crippen molar-refractivity contribution in [2.45, 2.75) is 52.1 Å². The van der Waals surface area contributed by atoms with Crippen LogP contribution in [0.5, 0.6) is 0 Å². The largest absolute Gasteiger partial charge is 0.327 e. The second-order valence-corrected chi connectivity index (χ2v) is 6.85. The molecule has 3 nitrogen and oxygen atoms in total. The highest BCUT2D eigenvalue weighted by atomic mass is 15.1. The van der Waals surface area contributed by atoms with Crippen LogP contribution in [0.25, 0.3) is 11.0 Å². The molecule has 1 saturated heterocycles. The van der Waals surface area contributed by atoms with Crippen molar-refractivity contribution >= 4 is 11.0 Å². The third-order valence-electron chi connectivity index (χ3n) is 5.40. The van der Waals surface area contributed by atoms with Crippen LogP contribution in [0.2, 0.25) is 0 Å². The number of aryl methyl sites for hydroxylation is 2. The summed E-state index contributed by atoms with van der Waals surface area (Å²) in [5.74, 6) is 2.97. The van der Waals surface area contributed by atoms with Crippen molar-refractivity contribution < 1.29 is 0 Å². The van der Waals surface area contributed by atoms with E-state index in [1.54, 1.807) is 0 Å². The number of nitrogens with zero attached hydrogens (tertiary/aromatic N) is 2. The van der Waals surface area contributed by atoms with E-state index in [9.17, 15) is 0 Å². The van der Waals surface area contributed by atoms with Gasteiger partial charge < -0.3 is 9.88 Å². The van der Waals surface area contributed by atoms with Gasteiger partial charge in [-0.2, -0.15) is 0 Å². The zero-order valence-corrected chi connectivity index (χ0v) is 13.1. The standard InChI is InChI=1S/C18H25N3/c1-3-9-21-16-8-7-12(2)10-15(16)20-18(21)17-14-6-4-5-13(14)11-19-17/h7-8,10,13-14,17,19H,3-6,9,11H2,1-2H3. The number of hydrogen-bond acceptors (Lipinski definition) is 2. The molecule has 0 bridgehead atoms. The predicted molar refractivity (Wildman–Crippen MR) is 86.3 cm³/mol. The minimum absolute atomic E-state index is 0.469. The van der Waals surface area contributed by atoms with Crippen LogP contribution in [0, 0.1) is 18.8 Å². The molecule has 21 heavy (non-hydrogen) atoms. The summed E-state index contributed by atoms with van der Waals surface area (Å²) in [7, 11) is 0. The van der Waals surface area contributed by atoms with Gasteiger partial charge in [0.15, 0.2) is 0 Å². The Labute approximate surface area is 126 Å². The first-order chi connectivity index (χ1) is 10.3. The normalized spacial score (nSPS) is 28.4. The Morgan fingerprint density at radius 3 is 3.10 bits per heavy atom. The van der Waals surface area contributed by atoms with E-state index >= 15 is 0 Å². The topological polar surface area (TPSA) is 29.9 Å². The number of fused-ring (bicyclic) bond motifs is 2. The lowest BCUT2D eigenvalue weighted by atomic mass is 9.93. The van der Waals surface area contributed by atoms with E-state index in [0.29, 0.717) is 6.04 Å². The maximum absolute atomic E-state index is 5.04. The van der Waals surface area contributed by atoms with Gasteiger partial charge in [-0.15, -0.1) is 0 Å². The molecule has 1 aliphatic carbocycles. The van der Waals surface area contributed by atoms with Gasteiger partial charge in [0.05, 0.1) is 17.1 Å². The summed E-state index contributed by atoms with van der Waals surface area (Å²) in [5.41, 5.74) is 3.77. The Morgan fingerprint density at radius 2 is 2.24 bits per heavy atom. The van der Waals surface area contributed by atoms with Crippen LogP contribution in [0.4, 0.5) is 0 Å². The molecule has 3 unspecified atom stereocenters. The van der Waals surface area contributed by atoms with Gasteiger partial charge in [0.25, 0.3) is 0 Å². The number of hydrogen-bond donors (Lipinski definition) is 1. The summed E-state index contributed by atoms with van der Waals surface area (Å²) < 4.78 is 2.47. The molecule has 1 aromatic carbocycles. The molecule has 2 aromatic rings. The zero-order chi connectivity index (χ0) is 14.4. The van der Waals surface area contributed by atoms with E-state index in [1.165, 1.54) is 48.2 Å². The second kappa shape index (κ2) is 5.13. The first-order valence-corrected chi connectivity index (χ1v) is 8.48. The van der Waals surface area contributed by atoms with Crippen molar-refractivity contribution in [2.24, 2.45) is 11.8 Å². The molecule has 1 N–H and O–H groups in total. The lowest BCUT2D eigenvalue weighted by Crippen LogP contribution is -2.22. The Morgan fingerprint density at radius 1 is 1.33 bits per heavy atom. The zero-order valence-electron chi connectivity index (χ0n) is 13.1. The lowest BCUT2D eigenvalue weighted by molar-refractivity contribution is 0.397. The highest BCUT2D eigenvalue weighted by molar-refractivity contribution is 5.77. The van der Waals surface area contributed by atoms with Crippen molar-refractivity contribution in [3.8, 4) is 0 Å². The molecular weight excluding hydrogens is 258 g/mol. The van der Waals surface area contributed by atoms with Crippen molar-refractivity contribution in [1.82, 2.24) is 14.9 Å². The fraction of sp³-hybridized carbons (Fsp3) is 0.611. The first kappa shape index (κ1) is 13.3. The minimum Gasteiger partial charge on any atom is -0.327 e. The van der Waals surface area contributed by atoms with Gasteiger partial charge in [0.2, 0.25) is 0 Å². The predicted octanol–water partition coefficient (Wildman–Crippen LogP) is 3.82. The fourth-order valence-corrected chi connectivity index (χ4v) is 4.42. The van der Waals surface area contributed by atoms with E-state index < -0.39 is 0 Å². The van der Waals surface area contributed by atoms with Crippen LogP contribution >= 0.6 is 0 Å².